The summed E-state index contributed by atoms with van der Waals surface area (Å²) in [6, 6.07) is 1.20. The van der Waals surface area contributed by atoms with E-state index in [9.17, 15) is 13.2 Å². The molecule has 0 saturated heterocycles. The molecule has 3 N–H and O–H groups in total. The van der Waals surface area contributed by atoms with E-state index in [-0.39, 0.29) is 11.7 Å². The number of nitrogens with zero attached hydrogens (tertiary/aromatic N) is 1. The Labute approximate surface area is 116 Å². The van der Waals surface area contributed by atoms with Gasteiger partial charge >= 0.3 is 6.18 Å². The summed E-state index contributed by atoms with van der Waals surface area (Å²) in [7, 11) is 0. The van der Waals surface area contributed by atoms with Crippen LogP contribution in [0, 0.1) is 5.92 Å². The molecule has 1 aliphatic rings. The third kappa shape index (κ3) is 3.55. The van der Waals surface area contributed by atoms with E-state index in [0.29, 0.717) is 5.69 Å². The molecule has 112 valence electrons. The second-order valence-electron chi connectivity index (χ2n) is 5.42. The quantitative estimate of drug-likeness (QED) is 0.881. The van der Waals surface area contributed by atoms with Crippen molar-refractivity contribution in [2.45, 2.75) is 51.2 Å². The summed E-state index contributed by atoms with van der Waals surface area (Å²) in [6.07, 6.45) is 1.98. The van der Waals surface area contributed by atoms with Crippen LogP contribution in [0.2, 0.25) is 0 Å². The van der Waals surface area contributed by atoms with Crippen molar-refractivity contribution in [1.82, 2.24) is 4.98 Å². The first-order valence-corrected chi connectivity index (χ1v) is 6.99. The van der Waals surface area contributed by atoms with Crippen molar-refractivity contribution >= 4 is 11.4 Å². The number of aromatic nitrogens is 1. The Morgan fingerprint density at radius 3 is 2.50 bits per heavy atom. The van der Waals surface area contributed by atoms with Crippen molar-refractivity contribution in [3.8, 4) is 0 Å². The summed E-state index contributed by atoms with van der Waals surface area (Å²) in [6.45, 7) is 2.18. The molecule has 1 aromatic rings. The van der Waals surface area contributed by atoms with Gasteiger partial charge in [0.2, 0.25) is 0 Å². The molecule has 0 spiro atoms. The molecule has 0 amide bonds. The molecule has 2 rings (SSSR count). The number of halogens is 3. The summed E-state index contributed by atoms with van der Waals surface area (Å²) < 4.78 is 37.9. The molecule has 6 heteroatoms. The Morgan fingerprint density at radius 1 is 1.30 bits per heavy atom. The monoisotopic (exact) mass is 287 g/mol. The van der Waals surface area contributed by atoms with Crippen molar-refractivity contribution in [3.05, 3.63) is 18.0 Å². The topological polar surface area (TPSA) is 50.9 Å². The second-order valence-corrected chi connectivity index (χ2v) is 5.42. The van der Waals surface area contributed by atoms with Crippen molar-refractivity contribution in [2.24, 2.45) is 5.92 Å². The number of hydrogen-bond acceptors (Lipinski definition) is 3. The van der Waals surface area contributed by atoms with Crippen molar-refractivity contribution in [1.29, 1.82) is 0 Å². The van der Waals surface area contributed by atoms with Crippen LogP contribution < -0.4 is 11.1 Å². The number of nitrogens with two attached hydrogens (primary N) is 1. The van der Waals surface area contributed by atoms with E-state index in [0.717, 1.165) is 43.9 Å². The smallest absolute Gasteiger partial charge is 0.396 e. The number of nitrogen functional groups attached to an aromatic ring is 1. The summed E-state index contributed by atoms with van der Waals surface area (Å²) in [5.74, 6) is 0.744. The molecule has 20 heavy (non-hydrogen) atoms. The zero-order valence-electron chi connectivity index (χ0n) is 11.5. The first-order chi connectivity index (χ1) is 9.40. The van der Waals surface area contributed by atoms with Crippen LogP contribution in [0.15, 0.2) is 12.3 Å². The lowest BCUT2D eigenvalue weighted by Crippen LogP contribution is -2.26. The van der Waals surface area contributed by atoms with Crippen molar-refractivity contribution in [3.63, 3.8) is 0 Å². The molecule has 1 heterocycles. The van der Waals surface area contributed by atoms with Gasteiger partial charge in [-0.2, -0.15) is 13.2 Å². The fourth-order valence-electron chi connectivity index (χ4n) is 2.68. The number of rotatable bonds is 3. The lowest BCUT2D eigenvalue weighted by atomic mass is 9.84. The van der Waals surface area contributed by atoms with Crippen molar-refractivity contribution < 1.29 is 13.2 Å². The Morgan fingerprint density at radius 2 is 1.95 bits per heavy atom. The number of hydrogen-bond donors (Lipinski definition) is 2. The highest BCUT2D eigenvalue weighted by Crippen LogP contribution is 2.33. The van der Waals surface area contributed by atoms with Gasteiger partial charge in [0.1, 0.15) is 5.69 Å². The summed E-state index contributed by atoms with van der Waals surface area (Å²) in [5, 5.41) is 3.14. The van der Waals surface area contributed by atoms with Crippen molar-refractivity contribution in [2.75, 3.05) is 11.1 Å². The van der Waals surface area contributed by atoms with Gasteiger partial charge in [0, 0.05) is 6.04 Å². The maximum absolute atomic E-state index is 12.6. The number of anilines is 2. The highest BCUT2D eigenvalue weighted by Gasteiger charge is 2.33. The van der Waals surface area contributed by atoms with E-state index < -0.39 is 11.9 Å². The summed E-state index contributed by atoms with van der Waals surface area (Å²) in [5.41, 5.74) is 5.40. The van der Waals surface area contributed by atoms with Crippen LogP contribution in [0.4, 0.5) is 24.5 Å². The average molecular weight is 287 g/mol. The van der Waals surface area contributed by atoms with E-state index in [1.807, 2.05) is 0 Å². The first-order valence-electron chi connectivity index (χ1n) is 6.99. The van der Waals surface area contributed by atoms with Gasteiger partial charge in [0.25, 0.3) is 0 Å². The highest BCUT2D eigenvalue weighted by molar-refractivity contribution is 5.65. The third-order valence-electron chi connectivity index (χ3n) is 4.01. The zero-order chi connectivity index (χ0) is 14.8. The van der Waals surface area contributed by atoms with E-state index in [1.165, 1.54) is 6.42 Å². The van der Waals surface area contributed by atoms with Crippen LogP contribution in [0.25, 0.3) is 0 Å². The maximum atomic E-state index is 12.6. The number of nitrogens with one attached hydrogen (secondary N) is 1. The first kappa shape index (κ1) is 14.9. The largest absolute Gasteiger partial charge is 0.433 e. The molecular formula is C14H20F3N3. The van der Waals surface area contributed by atoms with Crippen LogP contribution in [-0.4, -0.2) is 11.0 Å². The Kier molecular flexibility index (Phi) is 4.40. The van der Waals surface area contributed by atoms with Crippen LogP contribution >= 0.6 is 0 Å². The lowest BCUT2D eigenvalue weighted by Gasteiger charge is -2.29. The van der Waals surface area contributed by atoms with Gasteiger partial charge in [-0.25, -0.2) is 4.98 Å². The molecule has 0 unspecified atom stereocenters. The Bertz CT molecular complexity index is 451. The van der Waals surface area contributed by atoms with Gasteiger partial charge in [0.05, 0.1) is 17.6 Å². The van der Waals surface area contributed by atoms with E-state index in [2.05, 4.69) is 17.2 Å². The SMILES string of the molecule is CCC1CCC(Nc2cc(C(F)(F)F)ncc2N)CC1. The fourth-order valence-corrected chi connectivity index (χ4v) is 2.68. The fraction of sp³-hybridized carbons (Fsp3) is 0.643. The number of pyridine rings is 1. The minimum absolute atomic E-state index is 0.198. The molecule has 0 atom stereocenters. The Hall–Kier alpha value is -1.46. The molecule has 1 fully saturated rings. The maximum Gasteiger partial charge on any atom is 0.433 e. The minimum Gasteiger partial charge on any atom is -0.396 e. The molecule has 1 aliphatic carbocycles. The predicted octanol–water partition coefficient (Wildman–Crippen LogP) is 4.06. The third-order valence-corrected chi connectivity index (χ3v) is 4.01. The highest BCUT2D eigenvalue weighted by atomic mass is 19.4. The minimum atomic E-state index is -4.44. The van der Waals surface area contributed by atoms with Gasteiger partial charge in [0.15, 0.2) is 0 Å². The predicted molar refractivity (Wildman–Crippen MR) is 73.3 cm³/mol. The lowest BCUT2D eigenvalue weighted by molar-refractivity contribution is -0.141. The average Bonchev–Trinajstić information content (AvgIpc) is 2.41. The molecule has 0 bridgehead atoms. The molecule has 0 aromatic carbocycles. The van der Waals surface area contributed by atoms with Gasteiger partial charge < -0.3 is 11.1 Å². The molecule has 1 saturated carbocycles. The van der Waals surface area contributed by atoms with Crippen LogP contribution in [0.1, 0.15) is 44.7 Å². The van der Waals surface area contributed by atoms with Gasteiger partial charge in [-0.3, -0.25) is 0 Å². The summed E-state index contributed by atoms with van der Waals surface area (Å²) >= 11 is 0. The van der Waals surface area contributed by atoms with Crippen LogP contribution in [0.3, 0.4) is 0 Å². The van der Waals surface area contributed by atoms with Gasteiger partial charge in [-0.1, -0.05) is 13.3 Å². The van der Waals surface area contributed by atoms with Crippen LogP contribution in [-0.2, 0) is 6.18 Å². The number of alkyl halides is 3. The normalized spacial score (nSPS) is 23.6. The second kappa shape index (κ2) is 5.89. The Balaban J connectivity index is 2.06. The molecule has 3 nitrogen and oxygen atoms in total. The zero-order valence-corrected chi connectivity index (χ0v) is 11.5. The molecule has 0 radical (unpaired) electrons. The summed E-state index contributed by atoms with van der Waals surface area (Å²) in [4.78, 5) is 3.34. The van der Waals surface area contributed by atoms with Crippen LogP contribution in [0.5, 0.6) is 0 Å². The van der Waals surface area contributed by atoms with Gasteiger partial charge in [-0.05, 0) is 37.7 Å². The molecule has 1 aromatic heterocycles. The molecular weight excluding hydrogens is 267 g/mol. The van der Waals surface area contributed by atoms with E-state index in [1.54, 1.807) is 0 Å². The van der Waals surface area contributed by atoms with Gasteiger partial charge in [-0.15, -0.1) is 0 Å². The van der Waals surface area contributed by atoms with E-state index in [4.69, 9.17) is 5.73 Å². The standard InChI is InChI=1S/C14H20F3N3/c1-2-9-3-5-10(6-4-9)20-12-7-13(14(15,16)17)19-8-11(12)18/h7-10H,2-6,18H2,1H3,(H,19,20). The molecule has 0 aliphatic heterocycles. The van der Waals surface area contributed by atoms with E-state index >= 15 is 0 Å².